The Kier molecular flexibility index (Phi) is 5.31. The molecule has 26 heavy (non-hydrogen) atoms. The van der Waals surface area contributed by atoms with Crippen molar-refractivity contribution in [3.63, 3.8) is 0 Å². The third kappa shape index (κ3) is 3.89. The van der Waals surface area contributed by atoms with Crippen LogP contribution in [0.25, 0.3) is 0 Å². The van der Waals surface area contributed by atoms with Crippen LogP contribution in [0.15, 0.2) is 57.2 Å². The van der Waals surface area contributed by atoms with Crippen LogP contribution in [0.3, 0.4) is 0 Å². The molecule has 3 rings (SSSR count). The van der Waals surface area contributed by atoms with Crippen LogP contribution in [0.5, 0.6) is 0 Å². The molecule has 2 aromatic carbocycles. The fourth-order valence-corrected chi connectivity index (χ4v) is 6.07. The zero-order valence-corrected chi connectivity index (χ0v) is 16.4. The summed E-state index contributed by atoms with van der Waals surface area (Å²) in [5.74, 6) is 0.754. The molecule has 138 valence electrons. The van der Waals surface area contributed by atoms with E-state index in [9.17, 15) is 16.8 Å². The molecule has 0 aliphatic carbocycles. The maximum absolute atomic E-state index is 12.8. The first-order valence-corrected chi connectivity index (χ1v) is 11.8. The molecule has 2 aromatic rings. The highest BCUT2D eigenvalue weighted by Gasteiger charge is 2.31. The Morgan fingerprint density at radius 2 is 1.88 bits per heavy atom. The Labute approximate surface area is 161 Å². The van der Waals surface area contributed by atoms with E-state index in [4.69, 9.17) is 16.7 Å². The van der Waals surface area contributed by atoms with Crippen molar-refractivity contribution in [2.45, 2.75) is 15.5 Å². The van der Waals surface area contributed by atoms with Crippen molar-refractivity contribution in [2.24, 2.45) is 10.1 Å². The number of aliphatic imine (C=N–C) groups is 1. The summed E-state index contributed by atoms with van der Waals surface area (Å²) in [4.78, 5) is 3.38. The van der Waals surface area contributed by atoms with E-state index >= 15 is 0 Å². The number of hydrogen-bond acceptors (Lipinski definition) is 6. The van der Waals surface area contributed by atoms with E-state index in [0.29, 0.717) is 5.75 Å². The second kappa shape index (κ2) is 7.20. The highest BCUT2D eigenvalue weighted by Crippen LogP contribution is 2.36. The van der Waals surface area contributed by atoms with Crippen molar-refractivity contribution < 1.29 is 16.8 Å². The third-order valence-electron chi connectivity index (χ3n) is 3.56. The molecule has 0 amide bonds. The maximum atomic E-state index is 12.8. The third-order valence-corrected chi connectivity index (χ3v) is 7.82. The van der Waals surface area contributed by atoms with Gasteiger partial charge in [-0.05, 0) is 17.7 Å². The van der Waals surface area contributed by atoms with Gasteiger partial charge in [-0.3, -0.25) is 0 Å². The smallest absolute Gasteiger partial charge is 0.246 e. The number of rotatable bonds is 5. The fourth-order valence-electron chi connectivity index (χ4n) is 2.30. The molecule has 0 radical (unpaired) electrons. The number of fused-ring (bicyclic) bond motifs is 1. The molecule has 2 N–H and O–H groups in total. The zero-order valence-electron chi connectivity index (χ0n) is 13.2. The number of sulfonamides is 2. The average Bonchev–Trinajstić information content (AvgIpc) is 2.56. The van der Waals surface area contributed by atoms with E-state index in [0.717, 1.165) is 15.9 Å². The summed E-state index contributed by atoms with van der Waals surface area (Å²) in [6, 6.07) is 11.7. The van der Waals surface area contributed by atoms with Gasteiger partial charge in [-0.25, -0.2) is 31.3 Å². The molecule has 1 aliphatic rings. The standard InChI is InChI=1S/C15H14ClN3O4S3/c16-12-6-13-15(7-14(12)25(17,20)21)26(22,23)19(9-18-13)10-24-8-11-4-2-1-3-5-11/h1-7,9H,8,10H2,(H2,17,20,21). The van der Waals surface area contributed by atoms with Gasteiger partial charge in [0.15, 0.2) is 0 Å². The lowest BCUT2D eigenvalue weighted by Crippen LogP contribution is -2.32. The predicted octanol–water partition coefficient (Wildman–Crippen LogP) is 2.54. The van der Waals surface area contributed by atoms with E-state index in [1.807, 2.05) is 30.3 Å². The van der Waals surface area contributed by atoms with Gasteiger partial charge in [0.25, 0.3) is 10.0 Å². The fraction of sp³-hybridized carbons (Fsp3) is 0.133. The molecule has 0 saturated carbocycles. The lowest BCUT2D eigenvalue weighted by atomic mass is 10.2. The summed E-state index contributed by atoms with van der Waals surface area (Å²) < 4.78 is 49.8. The van der Waals surface area contributed by atoms with E-state index in [2.05, 4.69) is 4.99 Å². The highest BCUT2D eigenvalue weighted by atomic mass is 35.5. The zero-order chi connectivity index (χ0) is 18.9. The molecule has 0 fully saturated rings. The van der Waals surface area contributed by atoms with Crippen molar-refractivity contribution in [1.29, 1.82) is 0 Å². The molecule has 0 atom stereocenters. The van der Waals surface area contributed by atoms with E-state index in [1.165, 1.54) is 24.2 Å². The number of thioether (sulfide) groups is 1. The topological polar surface area (TPSA) is 110 Å². The second-order valence-electron chi connectivity index (χ2n) is 5.40. The molecule has 1 heterocycles. The maximum Gasteiger partial charge on any atom is 0.268 e. The number of nitrogens with two attached hydrogens (primary N) is 1. The first kappa shape index (κ1) is 19.2. The molecular formula is C15H14ClN3O4S3. The van der Waals surface area contributed by atoms with Crippen LogP contribution in [0.4, 0.5) is 5.69 Å². The molecule has 7 nitrogen and oxygen atoms in total. The normalized spacial score (nSPS) is 15.7. The second-order valence-corrected chi connectivity index (χ2v) is 10.1. The number of hydrogen-bond donors (Lipinski definition) is 1. The molecule has 11 heteroatoms. The van der Waals surface area contributed by atoms with Crippen LogP contribution in [0.1, 0.15) is 5.56 Å². The molecule has 0 saturated heterocycles. The van der Waals surface area contributed by atoms with Gasteiger partial charge in [0.2, 0.25) is 10.0 Å². The Bertz CT molecular complexity index is 1070. The van der Waals surface area contributed by atoms with Gasteiger partial charge < -0.3 is 0 Å². The van der Waals surface area contributed by atoms with Crippen LogP contribution in [0.2, 0.25) is 5.02 Å². The van der Waals surface area contributed by atoms with E-state index < -0.39 is 24.9 Å². The molecule has 1 aliphatic heterocycles. The van der Waals surface area contributed by atoms with Crippen LogP contribution < -0.4 is 5.14 Å². The van der Waals surface area contributed by atoms with Gasteiger partial charge in [-0.15, -0.1) is 11.8 Å². The van der Waals surface area contributed by atoms with Gasteiger partial charge in [-0.2, -0.15) is 0 Å². The van der Waals surface area contributed by atoms with Gasteiger partial charge in [0, 0.05) is 5.75 Å². The minimum atomic E-state index is -4.16. The van der Waals surface area contributed by atoms with Crippen molar-refractivity contribution in [3.8, 4) is 0 Å². The number of benzene rings is 2. The average molecular weight is 432 g/mol. The minimum absolute atomic E-state index is 0.0757. The van der Waals surface area contributed by atoms with E-state index in [-0.39, 0.29) is 21.5 Å². The molecule has 0 bridgehead atoms. The van der Waals surface area contributed by atoms with Crippen LogP contribution in [-0.4, -0.2) is 33.4 Å². The lowest BCUT2D eigenvalue weighted by Gasteiger charge is -2.24. The molecule has 0 unspecified atom stereocenters. The minimum Gasteiger partial charge on any atom is -0.246 e. The van der Waals surface area contributed by atoms with Crippen LogP contribution in [0, 0.1) is 0 Å². The summed E-state index contributed by atoms with van der Waals surface area (Å²) in [7, 11) is -8.11. The van der Waals surface area contributed by atoms with Gasteiger partial charge in [0.05, 0.1) is 16.6 Å². The summed E-state index contributed by atoms with van der Waals surface area (Å²) in [5.41, 5.74) is 1.14. The molecular weight excluding hydrogens is 418 g/mol. The summed E-state index contributed by atoms with van der Waals surface area (Å²) in [6.45, 7) is 0. The Morgan fingerprint density at radius 3 is 2.54 bits per heavy atom. The largest absolute Gasteiger partial charge is 0.268 e. The van der Waals surface area contributed by atoms with Gasteiger partial charge >= 0.3 is 0 Å². The number of primary sulfonamides is 1. The molecule has 0 aromatic heterocycles. The van der Waals surface area contributed by atoms with Crippen molar-refractivity contribution in [1.82, 2.24) is 4.31 Å². The van der Waals surface area contributed by atoms with E-state index in [1.54, 1.807) is 0 Å². The molecule has 0 spiro atoms. The Hall–Kier alpha value is -1.59. The lowest BCUT2D eigenvalue weighted by molar-refractivity contribution is 0.549. The predicted molar refractivity (Wildman–Crippen MR) is 103 cm³/mol. The first-order chi connectivity index (χ1) is 12.2. The van der Waals surface area contributed by atoms with Crippen molar-refractivity contribution >= 4 is 55.4 Å². The first-order valence-electron chi connectivity index (χ1n) is 7.23. The van der Waals surface area contributed by atoms with Crippen molar-refractivity contribution in [2.75, 3.05) is 5.88 Å². The summed E-state index contributed by atoms with van der Waals surface area (Å²) in [5, 5.41) is 4.92. The van der Waals surface area contributed by atoms with Gasteiger partial charge in [-0.1, -0.05) is 41.9 Å². The Morgan fingerprint density at radius 1 is 1.19 bits per heavy atom. The quantitative estimate of drug-likeness (QED) is 0.782. The summed E-state index contributed by atoms with van der Waals surface area (Å²) in [6.07, 6.45) is 1.20. The Balaban J connectivity index is 1.86. The monoisotopic (exact) mass is 431 g/mol. The summed E-state index contributed by atoms with van der Waals surface area (Å²) >= 11 is 7.27. The van der Waals surface area contributed by atoms with Crippen molar-refractivity contribution in [3.05, 3.63) is 53.1 Å². The number of nitrogens with zero attached hydrogens (tertiary/aromatic N) is 2. The SMILES string of the molecule is NS(=O)(=O)c1cc2c(cc1Cl)N=CN(CSCc1ccccc1)S2(=O)=O. The van der Waals surface area contributed by atoms with Crippen LogP contribution in [-0.2, 0) is 25.8 Å². The van der Waals surface area contributed by atoms with Gasteiger partial charge in [0.1, 0.15) is 16.1 Å². The van der Waals surface area contributed by atoms with Crippen LogP contribution >= 0.6 is 23.4 Å². The number of halogens is 1. The highest BCUT2D eigenvalue weighted by molar-refractivity contribution is 7.99.